The Morgan fingerprint density at radius 1 is 1.28 bits per heavy atom. The molecule has 7 nitrogen and oxygen atoms in total. The quantitative estimate of drug-likeness (QED) is 0.669. The minimum atomic E-state index is -0.654. The lowest BCUT2D eigenvalue weighted by Gasteiger charge is -2.23. The molecule has 2 aromatic rings. The van der Waals surface area contributed by atoms with Gasteiger partial charge in [0.1, 0.15) is 17.5 Å². The third-order valence-electron chi connectivity index (χ3n) is 5.09. The van der Waals surface area contributed by atoms with Crippen LogP contribution in [0.1, 0.15) is 45.7 Å². The van der Waals surface area contributed by atoms with Gasteiger partial charge in [-0.05, 0) is 56.5 Å². The van der Waals surface area contributed by atoms with Gasteiger partial charge >= 0.3 is 12.2 Å². The van der Waals surface area contributed by atoms with Crippen molar-refractivity contribution in [3.8, 4) is 11.1 Å². The van der Waals surface area contributed by atoms with Crippen LogP contribution in [0.4, 0.5) is 19.7 Å². The second-order valence-corrected chi connectivity index (χ2v) is 8.69. The van der Waals surface area contributed by atoms with Gasteiger partial charge in [0.25, 0.3) is 0 Å². The first-order valence-corrected chi connectivity index (χ1v) is 10.6. The molecule has 2 unspecified atom stereocenters. The summed E-state index contributed by atoms with van der Waals surface area (Å²) >= 11 is 0. The SMILES string of the molecule is CCC1CN(c2ccc(-c3ccc(C(CO)NC(=O)OC(C)(C)C)cc3)c(F)c2)C(=O)O1. The predicted molar refractivity (Wildman–Crippen MR) is 119 cm³/mol. The molecule has 0 bridgehead atoms. The maximum atomic E-state index is 14.9. The number of carbonyl (C=O) groups excluding carboxylic acids is 2. The molecule has 0 spiro atoms. The molecule has 0 aliphatic carbocycles. The highest BCUT2D eigenvalue weighted by atomic mass is 19.1. The second-order valence-electron chi connectivity index (χ2n) is 8.69. The van der Waals surface area contributed by atoms with Crippen molar-refractivity contribution in [3.05, 3.63) is 53.8 Å². The summed E-state index contributed by atoms with van der Waals surface area (Å²) in [5, 5.41) is 12.3. The number of cyclic esters (lactones) is 1. The van der Waals surface area contributed by atoms with Gasteiger partial charge < -0.3 is 19.9 Å². The molecular weight excluding hydrogens is 415 g/mol. The number of hydrogen-bond donors (Lipinski definition) is 2. The summed E-state index contributed by atoms with van der Waals surface area (Å²) in [5.74, 6) is -0.464. The Bertz CT molecular complexity index is 971. The van der Waals surface area contributed by atoms with E-state index in [1.165, 1.54) is 11.0 Å². The Morgan fingerprint density at radius 2 is 1.97 bits per heavy atom. The van der Waals surface area contributed by atoms with Crippen LogP contribution in [-0.4, -0.2) is 42.1 Å². The predicted octanol–water partition coefficient (Wildman–Crippen LogP) is 4.79. The topological polar surface area (TPSA) is 88.1 Å². The van der Waals surface area contributed by atoms with Crippen molar-refractivity contribution < 1.29 is 28.6 Å². The monoisotopic (exact) mass is 444 g/mol. The highest BCUT2D eigenvalue weighted by Gasteiger charge is 2.31. The van der Waals surface area contributed by atoms with Crippen molar-refractivity contribution in [2.24, 2.45) is 0 Å². The summed E-state index contributed by atoms with van der Waals surface area (Å²) in [6, 6.07) is 10.8. The molecule has 32 heavy (non-hydrogen) atoms. The molecule has 1 aliphatic rings. The number of aliphatic hydroxyl groups excluding tert-OH is 1. The number of carbonyl (C=O) groups is 2. The van der Waals surface area contributed by atoms with E-state index in [0.717, 1.165) is 0 Å². The van der Waals surface area contributed by atoms with Gasteiger partial charge in [0.2, 0.25) is 0 Å². The fourth-order valence-electron chi connectivity index (χ4n) is 3.43. The van der Waals surface area contributed by atoms with Gasteiger partial charge in [-0.25, -0.2) is 14.0 Å². The zero-order chi connectivity index (χ0) is 23.5. The van der Waals surface area contributed by atoms with Crippen molar-refractivity contribution in [2.75, 3.05) is 18.1 Å². The van der Waals surface area contributed by atoms with Crippen LogP contribution in [0.25, 0.3) is 11.1 Å². The standard InChI is InChI=1S/C24H29FN2O5/c1-5-18-13-27(23(30)31-18)17-10-11-19(20(25)12-17)15-6-8-16(9-7-15)21(14-28)26-22(29)32-24(2,3)4/h6-12,18,21,28H,5,13-14H2,1-4H3,(H,26,29). The number of rotatable bonds is 6. The normalized spacial score (nSPS) is 17.1. The smallest absolute Gasteiger partial charge is 0.414 e. The molecule has 2 atom stereocenters. The van der Waals surface area contributed by atoms with Gasteiger partial charge in [0, 0.05) is 5.56 Å². The van der Waals surface area contributed by atoms with E-state index in [1.807, 2.05) is 6.92 Å². The maximum Gasteiger partial charge on any atom is 0.414 e. The molecule has 1 aliphatic heterocycles. The molecule has 0 radical (unpaired) electrons. The Balaban J connectivity index is 1.74. The van der Waals surface area contributed by atoms with Crippen LogP contribution in [0.15, 0.2) is 42.5 Å². The van der Waals surface area contributed by atoms with Gasteiger partial charge in [-0.3, -0.25) is 4.90 Å². The number of amides is 2. The van der Waals surface area contributed by atoms with Crippen LogP contribution < -0.4 is 10.2 Å². The number of hydrogen-bond acceptors (Lipinski definition) is 5. The first kappa shape index (κ1) is 23.5. The van der Waals surface area contributed by atoms with Gasteiger partial charge in [-0.2, -0.15) is 0 Å². The average Bonchev–Trinajstić information content (AvgIpc) is 3.11. The Kier molecular flexibility index (Phi) is 7.03. The van der Waals surface area contributed by atoms with E-state index in [-0.39, 0.29) is 12.7 Å². The summed E-state index contributed by atoms with van der Waals surface area (Å²) in [4.78, 5) is 25.5. The largest absolute Gasteiger partial charge is 0.444 e. The minimum absolute atomic E-state index is 0.188. The van der Waals surface area contributed by atoms with Crippen molar-refractivity contribution >= 4 is 17.9 Å². The first-order chi connectivity index (χ1) is 15.1. The van der Waals surface area contributed by atoms with E-state index in [9.17, 15) is 19.1 Å². The molecule has 1 saturated heterocycles. The van der Waals surface area contributed by atoms with Gasteiger partial charge in [-0.1, -0.05) is 31.2 Å². The maximum absolute atomic E-state index is 14.9. The van der Waals surface area contributed by atoms with E-state index in [4.69, 9.17) is 9.47 Å². The summed E-state index contributed by atoms with van der Waals surface area (Å²) in [7, 11) is 0. The zero-order valence-corrected chi connectivity index (χ0v) is 18.7. The molecule has 1 heterocycles. The van der Waals surface area contributed by atoms with Crippen LogP contribution in [0, 0.1) is 5.82 Å². The van der Waals surface area contributed by atoms with E-state index < -0.39 is 29.6 Å². The van der Waals surface area contributed by atoms with Crippen molar-refractivity contribution in [1.29, 1.82) is 0 Å². The number of nitrogens with zero attached hydrogens (tertiary/aromatic N) is 1. The number of anilines is 1. The number of benzene rings is 2. The molecule has 0 aromatic heterocycles. The van der Waals surface area contributed by atoms with E-state index in [0.29, 0.717) is 35.3 Å². The van der Waals surface area contributed by atoms with Crippen LogP contribution in [0.5, 0.6) is 0 Å². The number of alkyl carbamates (subject to hydrolysis) is 1. The molecule has 2 amide bonds. The van der Waals surface area contributed by atoms with E-state index in [1.54, 1.807) is 57.2 Å². The third-order valence-corrected chi connectivity index (χ3v) is 5.09. The number of halogens is 1. The Hall–Kier alpha value is -3.13. The lowest BCUT2D eigenvalue weighted by atomic mass is 10.00. The zero-order valence-electron chi connectivity index (χ0n) is 18.7. The molecule has 3 rings (SSSR count). The van der Waals surface area contributed by atoms with Crippen molar-refractivity contribution in [2.45, 2.75) is 51.9 Å². The lowest BCUT2D eigenvalue weighted by molar-refractivity contribution is 0.0481. The van der Waals surface area contributed by atoms with Crippen molar-refractivity contribution in [3.63, 3.8) is 0 Å². The Labute approximate surface area is 187 Å². The number of aliphatic hydroxyl groups is 1. The number of nitrogens with one attached hydrogen (secondary N) is 1. The fraction of sp³-hybridized carbons (Fsp3) is 0.417. The average molecular weight is 445 g/mol. The summed E-state index contributed by atoms with van der Waals surface area (Å²) < 4.78 is 25.3. The van der Waals surface area contributed by atoms with Crippen LogP contribution in [-0.2, 0) is 9.47 Å². The molecule has 1 fully saturated rings. The van der Waals surface area contributed by atoms with Gasteiger partial charge in [0.15, 0.2) is 0 Å². The summed E-state index contributed by atoms with van der Waals surface area (Å²) in [6.45, 7) is 7.28. The highest BCUT2D eigenvalue weighted by Crippen LogP contribution is 2.30. The van der Waals surface area contributed by atoms with E-state index in [2.05, 4.69) is 5.32 Å². The third kappa shape index (κ3) is 5.56. The highest BCUT2D eigenvalue weighted by molar-refractivity contribution is 5.90. The number of ether oxygens (including phenoxy) is 2. The lowest BCUT2D eigenvalue weighted by Crippen LogP contribution is -2.36. The summed E-state index contributed by atoms with van der Waals surface area (Å²) in [5.41, 5.74) is 1.46. The molecule has 2 N–H and O–H groups in total. The van der Waals surface area contributed by atoms with Crippen LogP contribution in [0.2, 0.25) is 0 Å². The second kappa shape index (κ2) is 9.56. The van der Waals surface area contributed by atoms with Gasteiger partial charge in [-0.15, -0.1) is 0 Å². The molecule has 2 aromatic carbocycles. The molecule has 0 saturated carbocycles. The molecule has 172 valence electrons. The molecule has 8 heteroatoms. The fourth-order valence-corrected chi connectivity index (χ4v) is 3.43. The summed E-state index contributed by atoms with van der Waals surface area (Å²) in [6.07, 6.45) is -0.590. The minimum Gasteiger partial charge on any atom is -0.444 e. The van der Waals surface area contributed by atoms with E-state index >= 15 is 0 Å². The Morgan fingerprint density at radius 3 is 2.50 bits per heavy atom. The van der Waals surface area contributed by atoms with Crippen LogP contribution >= 0.6 is 0 Å². The molecular formula is C24H29FN2O5. The van der Waals surface area contributed by atoms with Crippen LogP contribution in [0.3, 0.4) is 0 Å². The van der Waals surface area contributed by atoms with Crippen molar-refractivity contribution in [1.82, 2.24) is 5.32 Å². The first-order valence-electron chi connectivity index (χ1n) is 10.6. The van der Waals surface area contributed by atoms with Gasteiger partial charge in [0.05, 0.1) is 24.9 Å².